The summed E-state index contributed by atoms with van der Waals surface area (Å²) >= 11 is 5.15. The molecule has 2 N–H and O–H groups in total. The van der Waals surface area contributed by atoms with Crippen molar-refractivity contribution in [2.75, 3.05) is 26.3 Å². The highest BCUT2D eigenvalue weighted by atomic mass is 32.1. The van der Waals surface area contributed by atoms with Crippen LogP contribution < -0.4 is 10.6 Å². The molecule has 3 nitrogen and oxygen atoms in total. The Kier molecular flexibility index (Phi) is 12.4. The Morgan fingerprint density at radius 1 is 1.00 bits per heavy atom. The molecule has 96 valence electrons. The predicted octanol–water partition coefficient (Wildman–Crippen LogP) is 2.46. The maximum absolute atomic E-state index is 5.24. The molecule has 0 aliphatic carbocycles. The summed E-state index contributed by atoms with van der Waals surface area (Å²) in [7, 11) is 0. The fourth-order valence-electron chi connectivity index (χ4n) is 1.34. The van der Waals surface area contributed by atoms with E-state index in [4.69, 9.17) is 17.0 Å². The second-order valence-electron chi connectivity index (χ2n) is 3.79. The topological polar surface area (TPSA) is 33.3 Å². The molecule has 0 heterocycles. The van der Waals surface area contributed by atoms with Crippen molar-refractivity contribution in [3.63, 3.8) is 0 Å². The van der Waals surface area contributed by atoms with Crippen molar-refractivity contribution >= 4 is 17.3 Å². The van der Waals surface area contributed by atoms with Gasteiger partial charge < -0.3 is 15.4 Å². The maximum Gasteiger partial charge on any atom is 0.166 e. The second-order valence-corrected chi connectivity index (χ2v) is 4.20. The molecule has 4 heteroatoms. The van der Waals surface area contributed by atoms with E-state index in [1.54, 1.807) is 0 Å². The van der Waals surface area contributed by atoms with E-state index in [-0.39, 0.29) is 0 Å². The van der Waals surface area contributed by atoms with Crippen LogP contribution in [0.3, 0.4) is 0 Å². The van der Waals surface area contributed by atoms with Gasteiger partial charge >= 0.3 is 0 Å². The van der Waals surface area contributed by atoms with Gasteiger partial charge in [-0.2, -0.15) is 0 Å². The van der Waals surface area contributed by atoms with E-state index in [1.807, 2.05) is 6.92 Å². The van der Waals surface area contributed by atoms with Crippen LogP contribution in [-0.4, -0.2) is 31.4 Å². The Hall–Kier alpha value is -0.350. The van der Waals surface area contributed by atoms with Gasteiger partial charge in [0.1, 0.15) is 0 Å². The largest absolute Gasteiger partial charge is 0.382 e. The summed E-state index contributed by atoms with van der Waals surface area (Å²) in [6.45, 7) is 7.70. The highest BCUT2D eigenvalue weighted by Gasteiger charge is 1.94. The molecule has 0 radical (unpaired) electrons. The first-order valence-electron chi connectivity index (χ1n) is 6.40. The number of hydrogen-bond acceptors (Lipinski definition) is 2. The van der Waals surface area contributed by atoms with Gasteiger partial charge in [0, 0.05) is 26.3 Å². The summed E-state index contributed by atoms with van der Waals surface area (Å²) in [5.74, 6) is 0. The smallest absolute Gasteiger partial charge is 0.166 e. The number of ether oxygens (including phenoxy) is 1. The first-order valence-corrected chi connectivity index (χ1v) is 6.81. The van der Waals surface area contributed by atoms with Crippen molar-refractivity contribution in [2.45, 2.75) is 46.0 Å². The third kappa shape index (κ3) is 11.7. The molecule has 16 heavy (non-hydrogen) atoms. The Balaban J connectivity index is 3.12. The molecule has 0 amide bonds. The highest BCUT2D eigenvalue weighted by molar-refractivity contribution is 7.80. The maximum atomic E-state index is 5.24. The molecule has 0 spiro atoms. The number of unbranched alkanes of at least 4 members (excludes halogenated alkanes) is 3. The molecule has 0 bridgehead atoms. The van der Waals surface area contributed by atoms with Gasteiger partial charge in [-0.15, -0.1) is 0 Å². The molecule has 0 aliphatic heterocycles. The van der Waals surface area contributed by atoms with Crippen molar-refractivity contribution in [2.24, 2.45) is 0 Å². The van der Waals surface area contributed by atoms with E-state index in [0.717, 1.165) is 37.8 Å². The van der Waals surface area contributed by atoms with E-state index in [1.165, 1.54) is 25.7 Å². The van der Waals surface area contributed by atoms with Crippen LogP contribution in [0.2, 0.25) is 0 Å². The first-order chi connectivity index (χ1) is 7.81. The summed E-state index contributed by atoms with van der Waals surface area (Å²) in [6, 6.07) is 0. The lowest BCUT2D eigenvalue weighted by atomic mass is 10.2. The molecular formula is C12H26N2OS. The Labute approximate surface area is 105 Å². The molecule has 0 saturated heterocycles. The third-order valence-corrected chi connectivity index (χ3v) is 2.56. The fraction of sp³-hybridized carbons (Fsp3) is 0.917. The third-order valence-electron chi connectivity index (χ3n) is 2.27. The van der Waals surface area contributed by atoms with E-state index in [0.29, 0.717) is 0 Å². The molecule has 0 unspecified atom stereocenters. The van der Waals surface area contributed by atoms with Crippen LogP contribution in [0.4, 0.5) is 0 Å². The monoisotopic (exact) mass is 246 g/mol. The summed E-state index contributed by atoms with van der Waals surface area (Å²) in [4.78, 5) is 0. The molecule has 0 atom stereocenters. The van der Waals surface area contributed by atoms with Gasteiger partial charge in [-0.05, 0) is 32.0 Å². The minimum absolute atomic E-state index is 0.771. The summed E-state index contributed by atoms with van der Waals surface area (Å²) < 4.78 is 5.24. The lowest BCUT2D eigenvalue weighted by Crippen LogP contribution is -2.36. The SMILES string of the molecule is CCCCCCNC(=S)NCCCOCC. The number of nitrogens with one attached hydrogen (secondary N) is 2. The Morgan fingerprint density at radius 3 is 2.31 bits per heavy atom. The van der Waals surface area contributed by atoms with E-state index < -0.39 is 0 Å². The Bertz CT molecular complexity index is 149. The van der Waals surface area contributed by atoms with Crippen LogP contribution in [0.1, 0.15) is 46.0 Å². The van der Waals surface area contributed by atoms with Crippen LogP contribution in [-0.2, 0) is 4.74 Å². The minimum Gasteiger partial charge on any atom is -0.382 e. The van der Waals surface area contributed by atoms with Gasteiger partial charge in [0.15, 0.2) is 5.11 Å². The molecule has 0 aromatic rings. The van der Waals surface area contributed by atoms with Gasteiger partial charge in [0.25, 0.3) is 0 Å². The van der Waals surface area contributed by atoms with Gasteiger partial charge in [-0.25, -0.2) is 0 Å². The van der Waals surface area contributed by atoms with E-state index in [9.17, 15) is 0 Å². The summed E-state index contributed by atoms with van der Waals surface area (Å²) in [5, 5.41) is 7.16. The zero-order chi connectivity index (χ0) is 12.1. The molecule has 0 aromatic heterocycles. The van der Waals surface area contributed by atoms with Gasteiger partial charge in [0.2, 0.25) is 0 Å². The van der Waals surface area contributed by atoms with Gasteiger partial charge in [0.05, 0.1) is 0 Å². The molecule has 0 aromatic carbocycles. The highest BCUT2D eigenvalue weighted by Crippen LogP contribution is 1.96. The van der Waals surface area contributed by atoms with Crippen LogP contribution in [0.25, 0.3) is 0 Å². The van der Waals surface area contributed by atoms with Crippen LogP contribution >= 0.6 is 12.2 Å². The average molecular weight is 246 g/mol. The fourth-order valence-corrected chi connectivity index (χ4v) is 1.54. The van der Waals surface area contributed by atoms with E-state index >= 15 is 0 Å². The minimum atomic E-state index is 0.771. The predicted molar refractivity (Wildman–Crippen MR) is 73.9 cm³/mol. The van der Waals surface area contributed by atoms with Crippen molar-refractivity contribution in [1.82, 2.24) is 10.6 Å². The molecule has 0 saturated carbocycles. The van der Waals surface area contributed by atoms with E-state index in [2.05, 4.69) is 17.6 Å². The van der Waals surface area contributed by atoms with Crippen LogP contribution in [0.15, 0.2) is 0 Å². The quantitative estimate of drug-likeness (QED) is 0.458. The van der Waals surface area contributed by atoms with Gasteiger partial charge in [-0.1, -0.05) is 26.2 Å². The average Bonchev–Trinajstić information content (AvgIpc) is 2.28. The lowest BCUT2D eigenvalue weighted by molar-refractivity contribution is 0.145. The number of hydrogen-bond donors (Lipinski definition) is 2. The summed E-state index contributed by atoms with van der Waals surface area (Å²) in [6.07, 6.45) is 6.09. The standard InChI is InChI=1S/C12H26N2OS/c1-3-5-6-7-9-13-12(16)14-10-8-11-15-4-2/h3-11H2,1-2H3,(H2,13,14,16). The number of rotatable bonds is 10. The van der Waals surface area contributed by atoms with Gasteiger partial charge in [-0.3, -0.25) is 0 Å². The molecule has 0 aliphatic rings. The zero-order valence-electron chi connectivity index (χ0n) is 10.7. The first kappa shape index (κ1) is 15.7. The molecule has 0 fully saturated rings. The normalized spacial score (nSPS) is 10.1. The van der Waals surface area contributed by atoms with Crippen LogP contribution in [0, 0.1) is 0 Å². The van der Waals surface area contributed by atoms with Crippen molar-refractivity contribution in [3.05, 3.63) is 0 Å². The van der Waals surface area contributed by atoms with Crippen molar-refractivity contribution in [1.29, 1.82) is 0 Å². The van der Waals surface area contributed by atoms with Crippen molar-refractivity contribution < 1.29 is 4.74 Å². The second kappa shape index (κ2) is 12.7. The van der Waals surface area contributed by atoms with Crippen LogP contribution in [0.5, 0.6) is 0 Å². The Morgan fingerprint density at radius 2 is 1.69 bits per heavy atom. The molecular weight excluding hydrogens is 220 g/mol. The molecule has 0 rings (SSSR count). The lowest BCUT2D eigenvalue weighted by Gasteiger charge is -2.10. The van der Waals surface area contributed by atoms with Crippen molar-refractivity contribution in [3.8, 4) is 0 Å². The summed E-state index contributed by atoms with van der Waals surface area (Å²) in [5.41, 5.74) is 0. The zero-order valence-corrected chi connectivity index (χ0v) is 11.5. The number of thiocarbonyl (C=S) groups is 1.